The Bertz CT molecular complexity index is 410. The number of aliphatic hydroxyl groups is 1. The average molecular weight is 353 g/mol. The van der Waals surface area contributed by atoms with Crippen molar-refractivity contribution in [3.8, 4) is 5.75 Å². The summed E-state index contributed by atoms with van der Waals surface area (Å²) in [6, 6.07) is 7.69. The molecule has 0 aliphatic heterocycles. The standard InChI is InChI=1S/C19H32O2.C2H4O2/c1-2-3-4-5-6-7-8-9-10-11-16-21-19-14-12-18(17-20)13-15-19;1-2(3)4/h12-15,20H,2-11,16-17H2,1H3;1H3,(H,3,4). The molecule has 0 atom stereocenters. The van der Waals surface area contributed by atoms with Crippen molar-refractivity contribution in [3.63, 3.8) is 0 Å². The minimum absolute atomic E-state index is 0.0960. The minimum atomic E-state index is -0.833. The molecule has 0 spiro atoms. The summed E-state index contributed by atoms with van der Waals surface area (Å²) in [4.78, 5) is 9.00. The fourth-order valence-electron chi connectivity index (χ4n) is 2.47. The molecule has 144 valence electrons. The Hall–Kier alpha value is -1.55. The van der Waals surface area contributed by atoms with Crippen LogP contribution in [0.2, 0.25) is 0 Å². The lowest BCUT2D eigenvalue weighted by Gasteiger charge is -2.06. The topological polar surface area (TPSA) is 66.8 Å². The van der Waals surface area contributed by atoms with Crippen LogP contribution in [0.3, 0.4) is 0 Å². The summed E-state index contributed by atoms with van der Waals surface area (Å²) in [6.45, 7) is 4.25. The van der Waals surface area contributed by atoms with Gasteiger partial charge in [-0.3, -0.25) is 4.79 Å². The van der Waals surface area contributed by atoms with E-state index in [1.54, 1.807) is 0 Å². The number of hydrogen-bond donors (Lipinski definition) is 2. The fraction of sp³-hybridized carbons (Fsp3) is 0.667. The zero-order valence-corrected chi connectivity index (χ0v) is 16.0. The van der Waals surface area contributed by atoms with Gasteiger partial charge >= 0.3 is 0 Å². The lowest BCUT2D eigenvalue weighted by Crippen LogP contribution is -1.97. The third-order valence-corrected chi connectivity index (χ3v) is 3.87. The molecule has 0 saturated heterocycles. The molecule has 25 heavy (non-hydrogen) atoms. The van der Waals surface area contributed by atoms with Crippen LogP contribution in [-0.4, -0.2) is 22.8 Å². The molecule has 0 unspecified atom stereocenters. The van der Waals surface area contributed by atoms with Gasteiger partial charge in [-0.05, 0) is 24.1 Å². The third-order valence-electron chi connectivity index (χ3n) is 3.87. The minimum Gasteiger partial charge on any atom is -0.494 e. The maximum absolute atomic E-state index is 9.00. The number of rotatable bonds is 13. The lowest BCUT2D eigenvalue weighted by atomic mass is 10.1. The van der Waals surface area contributed by atoms with Gasteiger partial charge in [0.15, 0.2) is 0 Å². The van der Waals surface area contributed by atoms with Crippen LogP contribution < -0.4 is 4.74 Å². The van der Waals surface area contributed by atoms with Gasteiger partial charge in [-0.1, -0.05) is 76.8 Å². The van der Waals surface area contributed by atoms with E-state index in [4.69, 9.17) is 19.7 Å². The van der Waals surface area contributed by atoms with Crippen LogP contribution in [0, 0.1) is 0 Å². The molecule has 0 aliphatic carbocycles. The van der Waals surface area contributed by atoms with Gasteiger partial charge in [0.2, 0.25) is 0 Å². The Kier molecular flexibility index (Phi) is 16.2. The Morgan fingerprint density at radius 2 is 1.32 bits per heavy atom. The van der Waals surface area contributed by atoms with Crippen LogP contribution in [-0.2, 0) is 11.4 Å². The average Bonchev–Trinajstić information content (AvgIpc) is 2.60. The number of carbonyl (C=O) groups is 1. The zero-order chi connectivity index (χ0) is 18.8. The van der Waals surface area contributed by atoms with Crippen molar-refractivity contribution in [2.24, 2.45) is 0 Å². The Labute approximate surface area is 153 Å². The van der Waals surface area contributed by atoms with Crippen LogP contribution in [0.5, 0.6) is 5.75 Å². The summed E-state index contributed by atoms with van der Waals surface area (Å²) in [6.07, 6.45) is 13.5. The van der Waals surface area contributed by atoms with Gasteiger partial charge in [-0.15, -0.1) is 0 Å². The monoisotopic (exact) mass is 352 g/mol. The first-order chi connectivity index (χ1) is 12.1. The quantitative estimate of drug-likeness (QED) is 0.455. The molecule has 0 saturated carbocycles. The van der Waals surface area contributed by atoms with Crippen molar-refractivity contribution >= 4 is 5.97 Å². The second-order valence-corrected chi connectivity index (χ2v) is 6.35. The van der Waals surface area contributed by atoms with Crippen molar-refractivity contribution < 1.29 is 19.7 Å². The van der Waals surface area contributed by atoms with Gasteiger partial charge in [0.05, 0.1) is 13.2 Å². The molecule has 1 aromatic rings. The van der Waals surface area contributed by atoms with E-state index in [1.165, 1.54) is 57.8 Å². The second kappa shape index (κ2) is 17.3. The first-order valence-electron chi connectivity index (χ1n) is 9.62. The largest absolute Gasteiger partial charge is 0.494 e. The van der Waals surface area contributed by atoms with E-state index in [-0.39, 0.29) is 6.61 Å². The van der Waals surface area contributed by atoms with E-state index in [1.807, 2.05) is 24.3 Å². The predicted molar refractivity (Wildman–Crippen MR) is 103 cm³/mol. The number of hydrogen-bond acceptors (Lipinski definition) is 3. The number of ether oxygens (including phenoxy) is 1. The van der Waals surface area contributed by atoms with E-state index in [0.717, 1.165) is 31.3 Å². The molecule has 4 nitrogen and oxygen atoms in total. The van der Waals surface area contributed by atoms with Crippen molar-refractivity contribution in [1.82, 2.24) is 0 Å². The summed E-state index contributed by atoms with van der Waals surface area (Å²) in [7, 11) is 0. The lowest BCUT2D eigenvalue weighted by molar-refractivity contribution is -0.134. The highest BCUT2D eigenvalue weighted by Crippen LogP contribution is 2.14. The molecule has 0 fully saturated rings. The number of aliphatic carboxylic acids is 1. The first kappa shape index (κ1) is 23.4. The summed E-state index contributed by atoms with van der Waals surface area (Å²) in [5.41, 5.74) is 0.932. The van der Waals surface area contributed by atoms with Crippen LogP contribution in [0.1, 0.15) is 83.6 Å². The highest BCUT2D eigenvalue weighted by atomic mass is 16.5. The summed E-state index contributed by atoms with van der Waals surface area (Å²) in [5, 5.41) is 16.4. The van der Waals surface area contributed by atoms with Crippen LogP contribution in [0.15, 0.2) is 24.3 Å². The van der Waals surface area contributed by atoms with Gasteiger partial charge in [0.25, 0.3) is 5.97 Å². The summed E-state index contributed by atoms with van der Waals surface area (Å²) < 4.78 is 5.70. The molecule has 1 rings (SSSR count). The third kappa shape index (κ3) is 17.1. The number of unbranched alkanes of at least 4 members (excludes halogenated alkanes) is 9. The number of benzene rings is 1. The van der Waals surface area contributed by atoms with Crippen molar-refractivity contribution in [3.05, 3.63) is 29.8 Å². The van der Waals surface area contributed by atoms with Gasteiger partial charge in [0.1, 0.15) is 5.75 Å². The van der Waals surface area contributed by atoms with Crippen molar-refractivity contribution in [1.29, 1.82) is 0 Å². The molecule has 2 N–H and O–H groups in total. The molecule has 0 aromatic heterocycles. The normalized spacial score (nSPS) is 10.0. The number of aliphatic hydroxyl groups excluding tert-OH is 1. The molecule has 0 radical (unpaired) electrons. The van der Waals surface area contributed by atoms with E-state index >= 15 is 0 Å². The predicted octanol–water partition coefficient (Wildman–Crippen LogP) is 5.57. The van der Waals surface area contributed by atoms with E-state index < -0.39 is 5.97 Å². The molecule has 1 aromatic carbocycles. The van der Waals surface area contributed by atoms with Gasteiger partial charge < -0.3 is 14.9 Å². The van der Waals surface area contributed by atoms with Gasteiger partial charge in [-0.25, -0.2) is 0 Å². The molecular formula is C21H36O4. The fourth-order valence-corrected chi connectivity index (χ4v) is 2.47. The first-order valence-corrected chi connectivity index (χ1v) is 9.62. The number of carboxylic acids is 1. The highest BCUT2D eigenvalue weighted by molar-refractivity contribution is 5.62. The molecule has 4 heteroatoms. The van der Waals surface area contributed by atoms with Crippen molar-refractivity contribution in [2.45, 2.75) is 84.7 Å². The Morgan fingerprint density at radius 1 is 0.880 bits per heavy atom. The molecule has 0 amide bonds. The number of carboxylic acid groups (broad SMARTS) is 1. The van der Waals surface area contributed by atoms with Crippen LogP contribution in [0.4, 0.5) is 0 Å². The zero-order valence-electron chi connectivity index (χ0n) is 16.0. The summed E-state index contributed by atoms with van der Waals surface area (Å²) in [5.74, 6) is 0.0723. The van der Waals surface area contributed by atoms with Crippen LogP contribution >= 0.6 is 0 Å². The Morgan fingerprint density at radius 3 is 1.76 bits per heavy atom. The van der Waals surface area contributed by atoms with E-state index in [2.05, 4.69) is 6.92 Å². The van der Waals surface area contributed by atoms with Crippen molar-refractivity contribution in [2.75, 3.05) is 6.61 Å². The molecular weight excluding hydrogens is 316 g/mol. The van der Waals surface area contributed by atoms with E-state index in [0.29, 0.717) is 0 Å². The molecule has 0 heterocycles. The Balaban J connectivity index is 0.00000129. The second-order valence-electron chi connectivity index (χ2n) is 6.35. The maximum atomic E-state index is 9.00. The van der Waals surface area contributed by atoms with Gasteiger partial charge in [-0.2, -0.15) is 0 Å². The maximum Gasteiger partial charge on any atom is 0.300 e. The summed E-state index contributed by atoms with van der Waals surface area (Å²) >= 11 is 0. The smallest absolute Gasteiger partial charge is 0.300 e. The van der Waals surface area contributed by atoms with Crippen LogP contribution in [0.25, 0.3) is 0 Å². The van der Waals surface area contributed by atoms with Gasteiger partial charge in [0, 0.05) is 6.92 Å². The highest BCUT2D eigenvalue weighted by Gasteiger charge is 1.96. The molecule has 0 aliphatic rings. The van der Waals surface area contributed by atoms with E-state index in [9.17, 15) is 0 Å². The SMILES string of the molecule is CC(=O)O.CCCCCCCCCCCCOc1ccc(CO)cc1. The molecule has 0 bridgehead atoms.